The summed E-state index contributed by atoms with van der Waals surface area (Å²) in [7, 11) is 0. The molecule has 1 aliphatic rings. The number of aliphatic imine (C=N–C) groups is 1. The van der Waals surface area contributed by atoms with Crippen LogP contribution in [-0.2, 0) is 0 Å². The average Bonchev–Trinajstić information content (AvgIpc) is 3.17. The minimum atomic E-state index is 0.385. The molecule has 1 atom stereocenters. The zero-order valence-corrected chi connectivity index (χ0v) is 16.7. The van der Waals surface area contributed by atoms with Gasteiger partial charge in [0.25, 0.3) is 0 Å². The van der Waals surface area contributed by atoms with Crippen molar-refractivity contribution >= 4 is 17.7 Å². The summed E-state index contributed by atoms with van der Waals surface area (Å²) in [6, 6.07) is 11.2. The number of nitrogens with zero attached hydrogens (tertiary/aromatic N) is 2. The normalized spacial score (nSPS) is 16.8. The number of likely N-dealkylation sites (tertiary alicyclic amines) is 1. The lowest BCUT2D eigenvalue weighted by Crippen LogP contribution is -2.38. The van der Waals surface area contributed by atoms with Crippen molar-refractivity contribution in [3.63, 3.8) is 0 Å². The van der Waals surface area contributed by atoms with Crippen LogP contribution in [0.15, 0.2) is 35.3 Å². The Morgan fingerprint density at radius 2 is 1.92 bits per heavy atom. The van der Waals surface area contributed by atoms with Crippen LogP contribution in [-0.4, -0.2) is 55.6 Å². The van der Waals surface area contributed by atoms with Gasteiger partial charge < -0.3 is 10.6 Å². The van der Waals surface area contributed by atoms with Crippen LogP contribution < -0.4 is 10.6 Å². The molecule has 1 aliphatic heterocycles. The van der Waals surface area contributed by atoms with Crippen LogP contribution in [0.1, 0.15) is 44.2 Å². The summed E-state index contributed by atoms with van der Waals surface area (Å²) < 4.78 is 0. The SMILES string of the molecule is CCNC(=NCC(c1ccccc1)N1CCCC1)NCCCCSC. The van der Waals surface area contributed by atoms with E-state index < -0.39 is 0 Å². The molecule has 2 N–H and O–H groups in total. The lowest BCUT2D eigenvalue weighted by Gasteiger charge is -2.27. The molecule has 1 aromatic rings. The zero-order chi connectivity index (χ0) is 17.7. The molecule has 25 heavy (non-hydrogen) atoms. The first-order valence-corrected chi connectivity index (χ1v) is 11.0. The number of nitrogens with one attached hydrogen (secondary N) is 2. The quantitative estimate of drug-likeness (QED) is 0.379. The Hall–Kier alpha value is -1.20. The number of hydrogen-bond donors (Lipinski definition) is 2. The molecule has 1 aromatic carbocycles. The summed E-state index contributed by atoms with van der Waals surface area (Å²) in [5.41, 5.74) is 1.38. The van der Waals surface area contributed by atoms with Crippen molar-refractivity contribution in [2.75, 3.05) is 44.7 Å². The Labute approximate surface area is 157 Å². The first kappa shape index (κ1) is 20.1. The van der Waals surface area contributed by atoms with Crippen molar-refractivity contribution in [3.8, 4) is 0 Å². The van der Waals surface area contributed by atoms with E-state index in [0.29, 0.717) is 6.04 Å². The second-order valence-electron chi connectivity index (χ2n) is 6.52. The van der Waals surface area contributed by atoms with E-state index >= 15 is 0 Å². The number of benzene rings is 1. The second-order valence-corrected chi connectivity index (χ2v) is 7.50. The standard InChI is InChI=1S/C20H34N4S/c1-3-21-20(22-13-7-10-16-25-2)23-17-19(24-14-8-9-15-24)18-11-5-4-6-12-18/h4-6,11-12,19H,3,7-10,13-17H2,1-2H3,(H2,21,22,23). The van der Waals surface area contributed by atoms with E-state index in [1.165, 1.54) is 50.1 Å². The van der Waals surface area contributed by atoms with E-state index in [0.717, 1.165) is 25.6 Å². The molecule has 0 spiro atoms. The molecular weight excluding hydrogens is 328 g/mol. The summed E-state index contributed by atoms with van der Waals surface area (Å²) >= 11 is 1.92. The summed E-state index contributed by atoms with van der Waals surface area (Å²) in [6.45, 7) is 7.20. The fourth-order valence-electron chi connectivity index (χ4n) is 3.26. The Morgan fingerprint density at radius 3 is 2.60 bits per heavy atom. The van der Waals surface area contributed by atoms with Gasteiger partial charge in [0.1, 0.15) is 0 Å². The molecule has 2 rings (SSSR count). The van der Waals surface area contributed by atoms with Crippen LogP contribution in [0.4, 0.5) is 0 Å². The monoisotopic (exact) mass is 362 g/mol. The van der Waals surface area contributed by atoms with E-state index in [2.05, 4.69) is 59.0 Å². The molecule has 140 valence electrons. The predicted octanol–water partition coefficient (Wildman–Crippen LogP) is 3.52. The van der Waals surface area contributed by atoms with Gasteiger partial charge in [-0.2, -0.15) is 11.8 Å². The van der Waals surface area contributed by atoms with Crippen molar-refractivity contribution in [1.29, 1.82) is 0 Å². The van der Waals surface area contributed by atoms with Crippen LogP contribution in [0.2, 0.25) is 0 Å². The molecule has 1 heterocycles. The first-order chi connectivity index (χ1) is 12.3. The fraction of sp³-hybridized carbons (Fsp3) is 0.650. The van der Waals surface area contributed by atoms with E-state index in [1.807, 2.05) is 11.8 Å². The second kappa shape index (κ2) is 12.2. The van der Waals surface area contributed by atoms with Gasteiger partial charge in [-0.25, -0.2) is 0 Å². The molecule has 0 aliphatic carbocycles. The Kier molecular flexibility index (Phi) is 9.82. The van der Waals surface area contributed by atoms with E-state index in [4.69, 9.17) is 4.99 Å². The van der Waals surface area contributed by atoms with Crippen LogP contribution in [0, 0.1) is 0 Å². The van der Waals surface area contributed by atoms with Crippen LogP contribution in [0.3, 0.4) is 0 Å². The largest absolute Gasteiger partial charge is 0.357 e. The maximum Gasteiger partial charge on any atom is 0.191 e. The lowest BCUT2D eigenvalue weighted by atomic mass is 10.1. The summed E-state index contributed by atoms with van der Waals surface area (Å²) in [4.78, 5) is 7.48. The Bertz CT molecular complexity index is 486. The molecule has 1 fully saturated rings. The molecule has 0 radical (unpaired) electrons. The van der Waals surface area contributed by atoms with Crippen molar-refractivity contribution in [1.82, 2.24) is 15.5 Å². The third-order valence-electron chi connectivity index (χ3n) is 4.60. The van der Waals surface area contributed by atoms with E-state index in [9.17, 15) is 0 Å². The van der Waals surface area contributed by atoms with Gasteiger partial charge in [0.05, 0.1) is 12.6 Å². The van der Waals surface area contributed by atoms with Gasteiger partial charge in [0.15, 0.2) is 5.96 Å². The zero-order valence-electron chi connectivity index (χ0n) is 15.8. The molecule has 0 aromatic heterocycles. The van der Waals surface area contributed by atoms with Crippen LogP contribution in [0.25, 0.3) is 0 Å². The van der Waals surface area contributed by atoms with Gasteiger partial charge in [0.2, 0.25) is 0 Å². The predicted molar refractivity (Wildman–Crippen MR) is 112 cm³/mol. The number of rotatable bonds is 10. The smallest absolute Gasteiger partial charge is 0.191 e. The summed E-state index contributed by atoms with van der Waals surface area (Å²) in [6.07, 6.45) is 7.23. The van der Waals surface area contributed by atoms with Gasteiger partial charge in [-0.05, 0) is 63.3 Å². The topological polar surface area (TPSA) is 39.7 Å². The van der Waals surface area contributed by atoms with Gasteiger partial charge in [0, 0.05) is 13.1 Å². The summed E-state index contributed by atoms with van der Waals surface area (Å²) in [5.74, 6) is 2.19. The van der Waals surface area contributed by atoms with Crippen molar-refractivity contribution < 1.29 is 0 Å². The number of hydrogen-bond acceptors (Lipinski definition) is 3. The highest BCUT2D eigenvalue weighted by atomic mass is 32.2. The van der Waals surface area contributed by atoms with Gasteiger partial charge >= 0.3 is 0 Å². The third-order valence-corrected chi connectivity index (χ3v) is 5.30. The lowest BCUT2D eigenvalue weighted by molar-refractivity contribution is 0.251. The number of unbranched alkanes of at least 4 members (excludes halogenated alkanes) is 1. The molecule has 4 nitrogen and oxygen atoms in total. The van der Waals surface area contributed by atoms with Crippen molar-refractivity contribution in [2.24, 2.45) is 4.99 Å². The minimum absolute atomic E-state index is 0.385. The highest BCUT2D eigenvalue weighted by Crippen LogP contribution is 2.25. The third kappa shape index (κ3) is 7.28. The minimum Gasteiger partial charge on any atom is -0.357 e. The Balaban J connectivity index is 1.95. The first-order valence-electron chi connectivity index (χ1n) is 9.65. The molecule has 0 saturated carbocycles. The molecule has 1 saturated heterocycles. The number of thioether (sulfide) groups is 1. The van der Waals surface area contributed by atoms with E-state index in [1.54, 1.807) is 0 Å². The van der Waals surface area contributed by atoms with Gasteiger partial charge in [-0.15, -0.1) is 0 Å². The van der Waals surface area contributed by atoms with Crippen molar-refractivity contribution in [3.05, 3.63) is 35.9 Å². The maximum absolute atomic E-state index is 4.90. The highest BCUT2D eigenvalue weighted by molar-refractivity contribution is 7.98. The van der Waals surface area contributed by atoms with Gasteiger partial charge in [-0.1, -0.05) is 30.3 Å². The summed E-state index contributed by atoms with van der Waals surface area (Å²) in [5, 5.41) is 6.87. The fourth-order valence-corrected chi connectivity index (χ4v) is 3.75. The van der Waals surface area contributed by atoms with Crippen LogP contribution >= 0.6 is 11.8 Å². The average molecular weight is 363 g/mol. The van der Waals surface area contributed by atoms with Crippen molar-refractivity contribution in [2.45, 2.75) is 38.6 Å². The van der Waals surface area contributed by atoms with Crippen LogP contribution in [0.5, 0.6) is 0 Å². The Morgan fingerprint density at radius 1 is 1.16 bits per heavy atom. The maximum atomic E-state index is 4.90. The highest BCUT2D eigenvalue weighted by Gasteiger charge is 2.23. The van der Waals surface area contributed by atoms with E-state index in [-0.39, 0.29) is 0 Å². The molecule has 0 amide bonds. The molecule has 0 bridgehead atoms. The number of guanidine groups is 1. The van der Waals surface area contributed by atoms with Gasteiger partial charge in [-0.3, -0.25) is 9.89 Å². The molecular formula is C20H34N4S. The molecule has 5 heteroatoms. The molecule has 1 unspecified atom stereocenters.